The van der Waals surface area contributed by atoms with Gasteiger partial charge in [0, 0.05) is 24.2 Å². The molecule has 36 heavy (non-hydrogen) atoms. The molecule has 0 aliphatic heterocycles. The highest BCUT2D eigenvalue weighted by Crippen LogP contribution is 2.28. The fourth-order valence-electron chi connectivity index (χ4n) is 4.52. The molecular formula is C32H48N2O2. The van der Waals surface area contributed by atoms with Gasteiger partial charge in [-0.3, -0.25) is 9.59 Å². The molecule has 0 aromatic heterocycles. The van der Waals surface area contributed by atoms with E-state index in [4.69, 9.17) is 0 Å². The highest BCUT2D eigenvalue weighted by atomic mass is 16.2. The number of carbonyl (C=O) groups is 2. The Morgan fingerprint density at radius 1 is 0.556 bits per heavy atom. The number of benzene rings is 2. The number of rotatable bonds is 17. The fourth-order valence-corrected chi connectivity index (χ4v) is 4.52. The van der Waals surface area contributed by atoms with Gasteiger partial charge in [0.15, 0.2) is 0 Å². The maximum absolute atomic E-state index is 12.4. The molecule has 2 aromatic rings. The minimum absolute atomic E-state index is 0.0956. The largest absolute Gasteiger partial charge is 0.326 e. The molecule has 0 saturated heterocycles. The number of hydrogen-bond acceptors (Lipinski definition) is 2. The lowest BCUT2D eigenvalue weighted by molar-refractivity contribution is -0.117. The van der Waals surface area contributed by atoms with Crippen LogP contribution in [-0.4, -0.2) is 11.8 Å². The summed E-state index contributed by atoms with van der Waals surface area (Å²) in [4.78, 5) is 24.7. The van der Waals surface area contributed by atoms with Crippen LogP contribution in [0.2, 0.25) is 0 Å². The standard InChI is InChI=1S/C32H48N2O2/c1-5-7-9-11-13-15-17-31(35)33-29-21-19-27(23-25(29)3)28-20-22-30(26(4)24-28)34-32(36)18-16-14-12-10-8-6-2/h19-24H,5-18H2,1-4H3,(H,33,35)(H,34,36). The quantitative estimate of drug-likeness (QED) is 0.216. The van der Waals surface area contributed by atoms with E-state index in [0.29, 0.717) is 12.8 Å². The van der Waals surface area contributed by atoms with E-state index >= 15 is 0 Å². The molecular weight excluding hydrogens is 444 g/mol. The maximum Gasteiger partial charge on any atom is 0.224 e. The Hall–Kier alpha value is -2.62. The van der Waals surface area contributed by atoms with Crippen LogP contribution in [0.4, 0.5) is 11.4 Å². The van der Waals surface area contributed by atoms with Gasteiger partial charge in [0.1, 0.15) is 0 Å². The molecule has 0 saturated carbocycles. The van der Waals surface area contributed by atoms with E-state index in [1.807, 2.05) is 26.0 Å². The number of anilines is 2. The van der Waals surface area contributed by atoms with Crippen LogP contribution in [0, 0.1) is 13.8 Å². The lowest BCUT2D eigenvalue weighted by Gasteiger charge is -2.13. The van der Waals surface area contributed by atoms with Crippen molar-refractivity contribution in [3.8, 4) is 11.1 Å². The Balaban J connectivity index is 1.85. The Morgan fingerprint density at radius 2 is 0.917 bits per heavy atom. The predicted molar refractivity (Wildman–Crippen MR) is 155 cm³/mol. The van der Waals surface area contributed by atoms with E-state index in [1.165, 1.54) is 51.4 Å². The number of unbranched alkanes of at least 4 members (excludes halogenated alkanes) is 10. The van der Waals surface area contributed by atoms with E-state index in [1.54, 1.807) is 0 Å². The first kappa shape index (κ1) is 29.6. The normalized spacial score (nSPS) is 10.9. The van der Waals surface area contributed by atoms with Crippen molar-refractivity contribution in [2.45, 2.75) is 118 Å². The Morgan fingerprint density at radius 3 is 1.28 bits per heavy atom. The summed E-state index contributed by atoms with van der Waals surface area (Å²) in [7, 11) is 0. The molecule has 4 nitrogen and oxygen atoms in total. The second-order valence-electron chi connectivity index (χ2n) is 10.2. The zero-order valence-electron chi connectivity index (χ0n) is 23.2. The van der Waals surface area contributed by atoms with Crippen LogP contribution < -0.4 is 10.6 Å². The topological polar surface area (TPSA) is 58.2 Å². The van der Waals surface area contributed by atoms with Gasteiger partial charge in [-0.15, -0.1) is 0 Å². The third-order valence-electron chi connectivity index (χ3n) is 6.85. The van der Waals surface area contributed by atoms with Crippen LogP contribution in [0.15, 0.2) is 36.4 Å². The van der Waals surface area contributed by atoms with E-state index < -0.39 is 0 Å². The first-order valence-electron chi connectivity index (χ1n) is 14.3. The van der Waals surface area contributed by atoms with Crippen LogP contribution >= 0.6 is 0 Å². The van der Waals surface area contributed by atoms with Crippen LogP contribution in [-0.2, 0) is 9.59 Å². The first-order valence-corrected chi connectivity index (χ1v) is 14.3. The van der Waals surface area contributed by atoms with Gasteiger partial charge in [-0.25, -0.2) is 0 Å². The smallest absolute Gasteiger partial charge is 0.224 e. The highest BCUT2D eigenvalue weighted by molar-refractivity contribution is 5.93. The Kier molecular flexibility index (Phi) is 13.9. The molecule has 2 rings (SSSR count). The molecule has 0 atom stereocenters. The molecule has 0 radical (unpaired) electrons. The molecule has 0 aliphatic carbocycles. The lowest BCUT2D eigenvalue weighted by Crippen LogP contribution is -2.12. The summed E-state index contributed by atoms with van der Waals surface area (Å²) in [6.07, 6.45) is 15.4. The van der Waals surface area contributed by atoms with E-state index in [0.717, 1.165) is 59.3 Å². The van der Waals surface area contributed by atoms with E-state index in [-0.39, 0.29) is 11.8 Å². The minimum atomic E-state index is 0.0956. The number of aryl methyl sites for hydroxylation is 2. The molecule has 2 amide bonds. The zero-order valence-corrected chi connectivity index (χ0v) is 23.2. The van der Waals surface area contributed by atoms with Crippen LogP contribution in [0.3, 0.4) is 0 Å². The second-order valence-corrected chi connectivity index (χ2v) is 10.2. The van der Waals surface area contributed by atoms with Gasteiger partial charge in [-0.1, -0.05) is 90.2 Å². The van der Waals surface area contributed by atoms with Gasteiger partial charge in [-0.2, -0.15) is 0 Å². The van der Waals surface area contributed by atoms with Crippen molar-refractivity contribution in [2.24, 2.45) is 0 Å². The third-order valence-corrected chi connectivity index (χ3v) is 6.85. The summed E-state index contributed by atoms with van der Waals surface area (Å²) >= 11 is 0. The molecule has 0 bridgehead atoms. The lowest BCUT2D eigenvalue weighted by atomic mass is 9.99. The molecule has 0 fully saturated rings. The molecule has 0 heterocycles. The summed E-state index contributed by atoms with van der Waals surface area (Å²) in [5.41, 5.74) is 6.08. The van der Waals surface area contributed by atoms with Crippen molar-refractivity contribution in [2.75, 3.05) is 10.6 Å². The van der Waals surface area contributed by atoms with Gasteiger partial charge < -0.3 is 10.6 Å². The van der Waals surface area contributed by atoms with Gasteiger partial charge in [0.05, 0.1) is 0 Å². The van der Waals surface area contributed by atoms with Gasteiger partial charge in [0.2, 0.25) is 11.8 Å². The predicted octanol–water partition coefficient (Wildman–Crippen LogP) is 9.35. The van der Waals surface area contributed by atoms with Crippen LogP contribution in [0.5, 0.6) is 0 Å². The molecule has 0 aliphatic rings. The molecule has 2 N–H and O–H groups in total. The van der Waals surface area contributed by atoms with E-state index in [9.17, 15) is 9.59 Å². The summed E-state index contributed by atoms with van der Waals surface area (Å²) in [6, 6.07) is 12.3. The Bertz CT molecular complexity index is 874. The number of carbonyl (C=O) groups excluding carboxylic acids is 2. The van der Waals surface area contributed by atoms with Crippen molar-refractivity contribution < 1.29 is 9.59 Å². The van der Waals surface area contributed by atoms with Crippen molar-refractivity contribution in [1.29, 1.82) is 0 Å². The van der Waals surface area contributed by atoms with Crippen LogP contribution in [0.1, 0.15) is 115 Å². The monoisotopic (exact) mass is 492 g/mol. The second kappa shape index (κ2) is 16.9. The molecule has 2 aromatic carbocycles. The zero-order chi connectivity index (χ0) is 26.2. The average Bonchev–Trinajstić information content (AvgIpc) is 2.86. The summed E-state index contributed by atoms with van der Waals surface area (Å²) in [5.74, 6) is 0.191. The van der Waals surface area contributed by atoms with E-state index in [2.05, 4.69) is 48.7 Å². The Labute approximate surface area is 219 Å². The van der Waals surface area contributed by atoms with Crippen molar-refractivity contribution in [1.82, 2.24) is 0 Å². The van der Waals surface area contributed by atoms with Gasteiger partial charge >= 0.3 is 0 Å². The highest BCUT2D eigenvalue weighted by Gasteiger charge is 2.09. The summed E-state index contributed by atoms with van der Waals surface area (Å²) < 4.78 is 0. The maximum atomic E-state index is 12.4. The van der Waals surface area contributed by atoms with Crippen molar-refractivity contribution in [3.63, 3.8) is 0 Å². The molecule has 4 heteroatoms. The fraction of sp³-hybridized carbons (Fsp3) is 0.562. The number of nitrogens with one attached hydrogen (secondary N) is 2. The third kappa shape index (κ3) is 11.0. The van der Waals surface area contributed by atoms with Crippen LogP contribution in [0.25, 0.3) is 11.1 Å². The average molecular weight is 493 g/mol. The first-order chi connectivity index (χ1) is 17.4. The van der Waals surface area contributed by atoms with Gasteiger partial charge in [0.25, 0.3) is 0 Å². The number of amides is 2. The molecule has 0 spiro atoms. The molecule has 198 valence electrons. The summed E-state index contributed by atoms with van der Waals surface area (Å²) in [6.45, 7) is 8.51. The SMILES string of the molecule is CCCCCCCCC(=O)Nc1ccc(-c2ccc(NC(=O)CCCCCCCC)c(C)c2)cc1C. The van der Waals surface area contributed by atoms with Crippen molar-refractivity contribution in [3.05, 3.63) is 47.5 Å². The van der Waals surface area contributed by atoms with Crippen molar-refractivity contribution >= 4 is 23.2 Å². The molecule has 0 unspecified atom stereocenters. The summed E-state index contributed by atoms with van der Waals surface area (Å²) in [5, 5.41) is 6.15. The minimum Gasteiger partial charge on any atom is -0.326 e. The number of hydrogen-bond donors (Lipinski definition) is 2. The van der Waals surface area contributed by atoms with Gasteiger partial charge in [-0.05, 0) is 73.2 Å².